The van der Waals surface area contributed by atoms with Gasteiger partial charge in [-0.05, 0) is 12.8 Å². The molecule has 1 aliphatic heterocycles. The number of anilines is 1. The summed E-state index contributed by atoms with van der Waals surface area (Å²) >= 11 is 1.39. The van der Waals surface area contributed by atoms with Crippen LogP contribution in [-0.2, 0) is 14.4 Å². The topological polar surface area (TPSA) is 70.6 Å². The van der Waals surface area contributed by atoms with Gasteiger partial charge in [0.2, 0.25) is 17.7 Å². The number of hydrogen-bond donors (Lipinski definition) is 0. The molecule has 2 aromatic rings. The number of hydrogen-bond acceptors (Lipinski definition) is 5. The third-order valence-electron chi connectivity index (χ3n) is 5.89. The van der Waals surface area contributed by atoms with Crippen LogP contribution in [0.5, 0.6) is 0 Å². The standard InChI is InChI=1S/C23H25N3O3S/c1-2-13-25(23-24-19(15-30-23)16-8-4-3-5-9-16)20(27)12-14-26-21(28)17-10-6-7-11-18(17)22(26)29/h2-5,8-9,15,17-18H,1,6-7,10-14H2/t17-,18+. The molecule has 0 radical (unpaired) electrons. The van der Waals surface area contributed by atoms with Gasteiger partial charge in [0.1, 0.15) is 0 Å². The first kappa shape index (κ1) is 20.5. The minimum absolute atomic E-state index is 0.0883. The van der Waals surface area contributed by atoms with Crippen molar-refractivity contribution in [2.75, 3.05) is 18.0 Å². The molecule has 30 heavy (non-hydrogen) atoms. The van der Waals surface area contributed by atoms with Gasteiger partial charge in [-0.3, -0.25) is 24.2 Å². The molecule has 6 nitrogen and oxygen atoms in total. The number of likely N-dealkylation sites (tertiary alicyclic amines) is 1. The van der Waals surface area contributed by atoms with E-state index in [4.69, 9.17) is 0 Å². The van der Waals surface area contributed by atoms with Crippen molar-refractivity contribution >= 4 is 34.2 Å². The Hall–Kier alpha value is -2.80. The second kappa shape index (κ2) is 8.92. The summed E-state index contributed by atoms with van der Waals surface area (Å²) < 4.78 is 0. The van der Waals surface area contributed by atoms with Gasteiger partial charge in [-0.1, -0.05) is 49.2 Å². The van der Waals surface area contributed by atoms with Crippen LogP contribution in [0.25, 0.3) is 11.3 Å². The largest absolute Gasteiger partial charge is 0.284 e. The van der Waals surface area contributed by atoms with Gasteiger partial charge in [-0.2, -0.15) is 0 Å². The fourth-order valence-electron chi connectivity index (χ4n) is 4.34. The van der Waals surface area contributed by atoms with E-state index >= 15 is 0 Å². The molecule has 2 heterocycles. The van der Waals surface area contributed by atoms with Gasteiger partial charge in [0.05, 0.1) is 17.5 Å². The van der Waals surface area contributed by atoms with E-state index in [0.717, 1.165) is 36.9 Å². The fraction of sp³-hybridized carbons (Fsp3) is 0.391. The van der Waals surface area contributed by atoms with Crippen molar-refractivity contribution in [3.05, 3.63) is 48.4 Å². The Balaban J connectivity index is 1.44. The molecule has 0 spiro atoms. The number of thiazole rings is 1. The Labute approximate surface area is 180 Å². The first-order valence-corrected chi connectivity index (χ1v) is 11.3. The van der Waals surface area contributed by atoms with Crippen molar-refractivity contribution in [1.29, 1.82) is 0 Å². The van der Waals surface area contributed by atoms with E-state index in [0.29, 0.717) is 11.7 Å². The zero-order valence-electron chi connectivity index (χ0n) is 16.8. The molecule has 1 saturated carbocycles. The highest BCUT2D eigenvalue weighted by Crippen LogP contribution is 2.38. The van der Waals surface area contributed by atoms with Gasteiger partial charge >= 0.3 is 0 Å². The van der Waals surface area contributed by atoms with Gasteiger partial charge in [-0.15, -0.1) is 17.9 Å². The highest BCUT2D eigenvalue weighted by molar-refractivity contribution is 7.14. The van der Waals surface area contributed by atoms with Crippen LogP contribution in [0, 0.1) is 11.8 Å². The van der Waals surface area contributed by atoms with Crippen LogP contribution in [0.2, 0.25) is 0 Å². The quantitative estimate of drug-likeness (QED) is 0.500. The maximum absolute atomic E-state index is 13.0. The van der Waals surface area contributed by atoms with Crippen LogP contribution < -0.4 is 4.90 Å². The molecule has 0 bridgehead atoms. The molecule has 1 aliphatic carbocycles. The Morgan fingerprint density at radius 3 is 2.47 bits per heavy atom. The minimum atomic E-state index is -0.182. The first-order chi connectivity index (χ1) is 14.6. The maximum atomic E-state index is 13.0. The lowest BCUT2D eigenvalue weighted by Crippen LogP contribution is -2.37. The number of benzene rings is 1. The fourth-order valence-corrected chi connectivity index (χ4v) is 5.20. The van der Waals surface area contributed by atoms with Gasteiger partial charge in [0, 0.05) is 30.5 Å². The molecule has 1 aromatic carbocycles. The van der Waals surface area contributed by atoms with Crippen molar-refractivity contribution in [1.82, 2.24) is 9.88 Å². The molecule has 0 N–H and O–H groups in total. The summed E-state index contributed by atoms with van der Waals surface area (Å²) in [5, 5.41) is 2.51. The van der Waals surface area contributed by atoms with E-state index in [2.05, 4.69) is 11.6 Å². The van der Waals surface area contributed by atoms with Crippen molar-refractivity contribution < 1.29 is 14.4 Å². The van der Waals surface area contributed by atoms with Crippen molar-refractivity contribution in [2.24, 2.45) is 11.8 Å². The third kappa shape index (κ3) is 3.94. The normalized spacial score (nSPS) is 20.9. The van der Waals surface area contributed by atoms with Crippen LogP contribution in [0.3, 0.4) is 0 Å². The average Bonchev–Trinajstić information content (AvgIpc) is 3.35. The lowest BCUT2D eigenvalue weighted by atomic mass is 9.81. The monoisotopic (exact) mass is 423 g/mol. The Morgan fingerprint density at radius 1 is 1.17 bits per heavy atom. The number of rotatable bonds is 7. The number of carbonyl (C=O) groups excluding carboxylic acids is 3. The predicted octanol–water partition coefficient (Wildman–Crippen LogP) is 3.89. The Morgan fingerprint density at radius 2 is 1.83 bits per heavy atom. The number of fused-ring (bicyclic) bond motifs is 1. The van der Waals surface area contributed by atoms with Crippen LogP contribution in [0.1, 0.15) is 32.1 Å². The Bertz CT molecular complexity index is 932. The molecule has 1 saturated heterocycles. The van der Waals surface area contributed by atoms with E-state index in [1.165, 1.54) is 16.2 Å². The molecule has 2 atom stereocenters. The van der Waals surface area contributed by atoms with Crippen LogP contribution >= 0.6 is 11.3 Å². The number of imide groups is 1. The summed E-state index contributed by atoms with van der Waals surface area (Å²) in [6.07, 6.45) is 5.29. The van der Waals surface area contributed by atoms with Crippen LogP contribution in [0.15, 0.2) is 48.4 Å². The van der Waals surface area contributed by atoms with Gasteiger partial charge in [-0.25, -0.2) is 4.98 Å². The van der Waals surface area contributed by atoms with Gasteiger partial charge in [0.15, 0.2) is 5.13 Å². The predicted molar refractivity (Wildman–Crippen MR) is 117 cm³/mol. The minimum Gasteiger partial charge on any atom is -0.284 e. The first-order valence-electron chi connectivity index (χ1n) is 10.4. The molecule has 7 heteroatoms. The molecule has 1 aromatic heterocycles. The van der Waals surface area contributed by atoms with E-state index in [1.54, 1.807) is 11.0 Å². The lowest BCUT2D eigenvalue weighted by Gasteiger charge is -2.20. The molecule has 156 valence electrons. The zero-order valence-corrected chi connectivity index (χ0v) is 17.6. The summed E-state index contributed by atoms with van der Waals surface area (Å²) in [5.74, 6) is -0.739. The summed E-state index contributed by atoms with van der Waals surface area (Å²) in [4.78, 5) is 45.7. The number of aromatic nitrogens is 1. The average molecular weight is 424 g/mol. The number of carbonyl (C=O) groups is 3. The Kier molecular flexibility index (Phi) is 6.08. The van der Waals surface area contributed by atoms with E-state index in [9.17, 15) is 14.4 Å². The third-order valence-corrected chi connectivity index (χ3v) is 6.75. The number of nitrogens with zero attached hydrogens (tertiary/aromatic N) is 3. The summed E-state index contributed by atoms with van der Waals surface area (Å²) in [5.41, 5.74) is 1.80. The molecule has 2 aliphatic rings. The van der Waals surface area contributed by atoms with Crippen LogP contribution in [0.4, 0.5) is 5.13 Å². The van der Waals surface area contributed by atoms with Crippen molar-refractivity contribution in [3.63, 3.8) is 0 Å². The second-order valence-electron chi connectivity index (χ2n) is 7.75. The van der Waals surface area contributed by atoms with Crippen LogP contribution in [-0.4, -0.2) is 40.7 Å². The second-order valence-corrected chi connectivity index (χ2v) is 8.59. The highest BCUT2D eigenvalue weighted by Gasteiger charge is 2.47. The van der Waals surface area contributed by atoms with Gasteiger partial charge in [0.25, 0.3) is 0 Å². The molecule has 2 fully saturated rings. The molecule has 3 amide bonds. The van der Waals surface area contributed by atoms with Crippen molar-refractivity contribution in [3.8, 4) is 11.3 Å². The summed E-state index contributed by atoms with van der Waals surface area (Å²) in [7, 11) is 0. The van der Waals surface area contributed by atoms with E-state index in [-0.39, 0.29) is 42.5 Å². The van der Waals surface area contributed by atoms with E-state index < -0.39 is 0 Å². The maximum Gasteiger partial charge on any atom is 0.233 e. The molecular formula is C23H25N3O3S. The summed E-state index contributed by atoms with van der Waals surface area (Å²) in [6, 6.07) is 9.79. The molecule has 0 unspecified atom stereocenters. The van der Waals surface area contributed by atoms with Gasteiger partial charge < -0.3 is 0 Å². The highest BCUT2D eigenvalue weighted by atomic mass is 32.1. The summed E-state index contributed by atoms with van der Waals surface area (Å²) in [6.45, 7) is 4.21. The smallest absolute Gasteiger partial charge is 0.233 e. The molecule has 4 rings (SSSR count). The van der Waals surface area contributed by atoms with E-state index in [1.807, 2.05) is 35.7 Å². The lowest BCUT2D eigenvalue weighted by molar-refractivity contribution is -0.140. The molecular weight excluding hydrogens is 398 g/mol. The number of amides is 3. The zero-order chi connectivity index (χ0) is 21.1. The SMILES string of the molecule is C=CCN(C(=O)CCN1C(=O)[C@H]2CCCC[C@H]2C1=O)c1nc(-c2ccccc2)cs1. The van der Waals surface area contributed by atoms with Crippen molar-refractivity contribution in [2.45, 2.75) is 32.1 Å².